The van der Waals surface area contributed by atoms with Crippen LogP contribution in [-0.2, 0) is 9.53 Å². The van der Waals surface area contributed by atoms with Crippen LogP contribution in [0.3, 0.4) is 0 Å². The van der Waals surface area contributed by atoms with Crippen molar-refractivity contribution < 1.29 is 14.6 Å². The molecule has 1 saturated heterocycles. The first kappa shape index (κ1) is 16.9. The van der Waals surface area contributed by atoms with E-state index in [1.54, 1.807) is 4.90 Å². The molecule has 6 nitrogen and oxygen atoms in total. The first-order valence-electron chi connectivity index (χ1n) is 7.33. The molecular weight excluding hydrogens is 258 g/mol. The molecule has 0 aromatic heterocycles. The molecular formula is C14H25N3O3. The maximum absolute atomic E-state index is 12.1. The van der Waals surface area contributed by atoms with Crippen molar-refractivity contribution >= 4 is 5.91 Å². The highest BCUT2D eigenvalue weighted by molar-refractivity contribution is 5.76. The predicted octanol–water partition coefficient (Wildman–Crippen LogP) is 0.223. The standard InChI is InChI=1S/C14H25N3O3/c15-5-3-6-17(14(19)4-1-2-11-18)8-7-16-9-12-20-13-10-16/h18H,1-4,6-13H2. The van der Waals surface area contributed by atoms with Gasteiger partial charge in [0.05, 0.1) is 25.7 Å². The fourth-order valence-corrected chi connectivity index (χ4v) is 2.18. The zero-order chi connectivity index (χ0) is 14.6. The van der Waals surface area contributed by atoms with Gasteiger partial charge >= 0.3 is 0 Å². The number of nitrogens with zero attached hydrogens (tertiary/aromatic N) is 3. The summed E-state index contributed by atoms with van der Waals surface area (Å²) in [6, 6.07) is 2.09. The molecule has 0 bridgehead atoms. The van der Waals surface area contributed by atoms with E-state index in [4.69, 9.17) is 15.1 Å². The van der Waals surface area contributed by atoms with Crippen LogP contribution in [0.5, 0.6) is 0 Å². The molecule has 1 heterocycles. The van der Waals surface area contributed by atoms with Crippen LogP contribution in [0.15, 0.2) is 0 Å². The first-order valence-corrected chi connectivity index (χ1v) is 7.33. The lowest BCUT2D eigenvalue weighted by Crippen LogP contribution is -2.43. The van der Waals surface area contributed by atoms with Crippen LogP contribution < -0.4 is 0 Å². The molecule has 0 radical (unpaired) electrons. The van der Waals surface area contributed by atoms with E-state index in [-0.39, 0.29) is 12.5 Å². The summed E-state index contributed by atoms with van der Waals surface area (Å²) >= 11 is 0. The molecule has 0 unspecified atom stereocenters. The van der Waals surface area contributed by atoms with Crippen LogP contribution in [0.1, 0.15) is 25.7 Å². The maximum atomic E-state index is 12.1. The van der Waals surface area contributed by atoms with Gasteiger partial charge in [0.15, 0.2) is 0 Å². The lowest BCUT2D eigenvalue weighted by atomic mass is 10.2. The number of amides is 1. The molecule has 114 valence electrons. The highest BCUT2D eigenvalue weighted by Gasteiger charge is 2.16. The molecule has 0 aromatic rings. The third kappa shape index (κ3) is 6.85. The maximum Gasteiger partial charge on any atom is 0.222 e. The van der Waals surface area contributed by atoms with Crippen molar-refractivity contribution in [2.24, 2.45) is 0 Å². The summed E-state index contributed by atoms with van der Waals surface area (Å²) in [6.45, 7) is 5.44. The van der Waals surface area contributed by atoms with Gasteiger partial charge in [0.1, 0.15) is 0 Å². The van der Waals surface area contributed by atoms with E-state index in [1.165, 1.54) is 0 Å². The van der Waals surface area contributed by atoms with Crippen molar-refractivity contribution in [3.05, 3.63) is 0 Å². The lowest BCUT2D eigenvalue weighted by Gasteiger charge is -2.30. The van der Waals surface area contributed by atoms with Gasteiger partial charge in [-0.3, -0.25) is 9.69 Å². The Kier molecular flexibility index (Phi) is 8.96. The minimum absolute atomic E-state index is 0.0851. The summed E-state index contributed by atoms with van der Waals surface area (Å²) in [4.78, 5) is 16.1. The SMILES string of the molecule is N#CCCN(CCN1CCOCC1)C(=O)CCCCO. The summed E-state index contributed by atoms with van der Waals surface area (Å²) in [6.07, 6.45) is 2.18. The fourth-order valence-electron chi connectivity index (χ4n) is 2.18. The van der Waals surface area contributed by atoms with Crippen molar-refractivity contribution in [3.63, 3.8) is 0 Å². The summed E-state index contributed by atoms with van der Waals surface area (Å²) in [5.41, 5.74) is 0. The van der Waals surface area contributed by atoms with E-state index in [0.29, 0.717) is 38.8 Å². The average Bonchev–Trinajstić information content (AvgIpc) is 2.48. The van der Waals surface area contributed by atoms with E-state index < -0.39 is 0 Å². The van der Waals surface area contributed by atoms with Gasteiger partial charge in [0, 0.05) is 45.8 Å². The van der Waals surface area contributed by atoms with Gasteiger partial charge in [0.2, 0.25) is 5.91 Å². The van der Waals surface area contributed by atoms with Crippen LogP contribution in [-0.4, -0.2) is 73.4 Å². The number of unbranched alkanes of at least 4 members (excludes halogenated alkanes) is 1. The molecule has 0 saturated carbocycles. The number of nitriles is 1. The Morgan fingerprint density at radius 2 is 2.05 bits per heavy atom. The Morgan fingerprint density at radius 3 is 2.70 bits per heavy atom. The van der Waals surface area contributed by atoms with E-state index in [2.05, 4.69) is 11.0 Å². The first-order chi connectivity index (χ1) is 9.77. The molecule has 0 spiro atoms. The third-order valence-electron chi connectivity index (χ3n) is 3.43. The number of morpholine rings is 1. The Bertz CT molecular complexity index is 311. The predicted molar refractivity (Wildman–Crippen MR) is 75.0 cm³/mol. The minimum atomic E-state index is 0.0851. The van der Waals surface area contributed by atoms with E-state index in [9.17, 15) is 4.79 Å². The van der Waals surface area contributed by atoms with Crippen molar-refractivity contribution in [2.45, 2.75) is 25.7 Å². The Labute approximate surface area is 120 Å². The van der Waals surface area contributed by atoms with Crippen LogP contribution in [0, 0.1) is 11.3 Å². The molecule has 0 atom stereocenters. The molecule has 1 amide bonds. The number of carbonyl (C=O) groups excluding carboxylic acids is 1. The molecule has 1 rings (SSSR count). The van der Waals surface area contributed by atoms with Gasteiger partial charge < -0.3 is 14.7 Å². The van der Waals surface area contributed by atoms with Gasteiger partial charge in [-0.25, -0.2) is 0 Å². The lowest BCUT2D eigenvalue weighted by molar-refractivity contribution is -0.131. The largest absolute Gasteiger partial charge is 0.396 e. The van der Waals surface area contributed by atoms with Crippen molar-refractivity contribution in [1.29, 1.82) is 5.26 Å². The summed E-state index contributed by atoms with van der Waals surface area (Å²) in [7, 11) is 0. The van der Waals surface area contributed by atoms with Crippen LogP contribution in [0.25, 0.3) is 0 Å². The second kappa shape index (κ2) is 10.6. The monoisotopic (exact) mass is 283 g/mol. The van der Waals surface area contributed by atoms with Crippen molar-refractivity contribution in [2.75, 3.05) is 52.5 Å². The molecule has 1 aliphatic heterocycles. The van der Waals surface area contributed by atoms with Crippen molar-refractivity contribution in [3.8, 4) is 6.07 Å². The Hall–Kier alpha value is -1.16. The van der Waals surface area contributed by atoms with Gasteiger partial charge in [-0.05, 0) is 12.8 Å². The van der Waals surface area contributed by atoms with Gasteiger partial charge in [-0.15, -0.1) is 0 Å². The van der Waals surface area contributed by atoms with Crippen LogP contribution >= 0.6 is 0 Å². The van der Waals surface area contributed by atoms with Crippen LogP contribution in [0.4, 0.5) is 0 Å². The molecule has 1 aliphatic rings. The zero-order valence-electron chi connectivity index (χ0n) is 12.1. The molecule has 20 heavy (non-hydrogen) atoms. The number of aliphatic hydroxyl groups excluding tert-OH is 1. The summed E-state index contributed by atoms with van der Waals surface area (Å²) < 4.78 is 5.30. The second-order valence-corrected chi connectivity index (χ2v) is 4.92. The van der Waals surface area contributed by atoms with E-state index >= 15 is 0 Å². The molecule has 0 aromatic carbocycles. The van der Waals surface area contributed by atoms with Crippen LogP contribution in [0.2, 0.25) is 0 Å². The normalized spacial score (nSPS) is 15.8. The average molecular weight is 283 g/mol. The van der Waals surface area contributed by atoms with Gasteiger partial charge in [-0.2, -0.15) is 5.26 Å². The van der Waals surface area contributed by atoms with Gasteiger partial charge in [0.25, 0.3) is 0 Å². The quantitative estimate of drug-likeness (QED) is 0.613. The topological polar surface area (TPSA) is 76.8 Å². The van der Waals surface area contributed by atoms with Gasteiger partial charge in [-0.1, -0.05) is 0 Å². The highest BCUT2D eigenvalue weighted by Crippen LogP contribution is 2.04. The molecule has 1 fully saturated rings. The smallest absolute Gasteiger partial charge is 0.222 e. The Morgan fingerprint density at radius 1 is 1.30 bits per heavy atom. The second-order valence-electron chi connectivity index (χ2n) is 4.92. The number of carbonyl (C=O) groups is 1. The van der Waals surface area contributed by atoms with E-state index in [1.807, 2.05) is 0 Å². The summed E-state index contributed by atoms with van der Waals surface area (Å²) in [5.74, 6) is 0.0851. The fraction of sp³-hybridized carbons (Fsp3) is 0.857. The molecule has 0 aliphatic carbocycles. The van der Waals surface area contributed by atoms with E-state index in [0.717, 1.165) is 32.8 Å². The number of aliphatic hydroxyl groups is 1. The highest BCUT2D eigenvalue weighted by atomic mass is 16.5. The minimum Gasteiger partial charge on any atom is -0.396 e. The number of rotatable bonds is 9. The van der Waals surface area contributed by atoms with Crippen molar-refractivity contribution in [1.82, 2.24) is 9.80 Å². The summed E-state index contributed by atoms with van der Waals surface area (Å²) in [5, 5.41) is 17.4. The molecule has 6 heteroatoms. The molecule has 1 N–H and O–H groups in total. The third-order valence-corrected chi connectivity index (χ3v) is 3.43. The number of ether oxygens (including phenoxy) is 1. The number of hydrogen-bond donors (Lipinski definition) is 1. The number of hydrogen-bond acceptors (Lipinski definition) is 5. The Balaban J connectivity index is 2.33. The zero-order valence-corrected chi connectivity index (χ0v) is 12.1.